The number of benzene rings is 3. The van der Waals surface area contributed by atoms with E-state index in [9.17, 15) is 14.1 Å². The topological polar surface area (TPSA) is 89.6 Å². The fraction of sp³-hybridized carbons (Fsp3) is 0.208. The summed E-state index contributed by atoms with van der Waals surface area (Å²) in [7, 11) is -1.31. The lowest BCUT2D eigenvalue weighted by molar-refractivity contribution is 0.101. The highest BCUT2D eigenvalue weighted by Crippen LogP contribution is 2.33. The Labute approximate surface area is 179 Å². The van der Waals surface area contributed by atoms with E-state index in [0.717, 1.165) is 12.0 Å². The number of Topliss-reactive ketones (excluding diaryl/α,β-unsaturated/α-hetero) is 1. The third-order valence-corrected chi connectivity index (χ3v) is 6.11. The average molecular weight is 424 g/mol. The van der Waals surface area contributed by atoms with Gasteiger partial charge in [0.05, 0.1) is 16.4 Å². The first kappa shape index (κ1) is 21.6. The summed E-state index contributed by atoms with van der Waals surface area (Å²) >= 11 is 0. The maximum atomic E-state index is 12.7. The molecule has 30 heavy (non-hydrogen) atoms. The molecule has 0 spiro atoms. The minimum atomic E-state index is -1.31. The van der Waals surface area contributed by atoms with E-state index >= 15 is 0 Å². The zero-order valence-electron chi connectivity index (χ0n) is 17.1. The highest BCUT2D eigenvalue weighted by molar-refractivity contribution is 7.85. The van der Waals surface area contributed by atoms with E-state index in [0.29, 0.717) is 45.4 Å². The van der Waals surface area contributed by atoms with Gasteiger partial charge in [0.1, 0.15) is 18.1 Å². The van der Waals surface area contributed by atoms with E-state index in [2.05, 4.69) is 0 Å². The Morgan fingerprint density at radius 2 is 1.80 bits per heavy atom. The third-order valence-electron chi connectivity index (χ3n) is 4.72. The molecular formula is C24H25NO4S. The number of ether oxygens (including phenoxy) is 1. The van der Waals surface area contributed by atoms with Gasteiger partial charge in [-0.1, -0.05) is 31.5 Å². The van der Waals surface area contributed by atoms with Crippen LogP contribution in [0.3, 0.4) is 0 Å². The van der Waals surface area contributed by atoms with Gasteiger partial charge in [-0.2, -0.15) is 0 Å². The molecular weight excluding hydrogens is 398 g/mol. The molecule has 3 aromatic carbocycles. The van der Waals surface area contributed by atoms with Gasteiger partial charge in [0.2, 0.25) is 0 Å². The minimum Gasteiger partial charge on any atom is -0.507 e. The molecule has 0 saturated carbocycles. The highest BCUT2D eigenvalue weighted by atomic mass is 32.2. The number of ketones is 1. The molecule has 0 saturated heterocycles. The third kappa shape index (κ3) is 4.89. The Balaban J connectivity index is 1.74. The number of hydrogen-bond donors (Lipinski definition) is 2. The number of nitrogens with two attached hydrogens (primary N) is 1. The van der Waals surface area contributed by atoms with Crippen LogP contribution in [0.15, 0.2) is 70.5 Å². The monoisotopic (exact) mass is 423 g/mol. The van der Waals surface area contributed by atoms with Crippen molar-refractivity contribution in [1.82, 2.24) is 0 Å². The van der Waals surface area contributed by atoms with E-state index in [1.807, 2.05) is 19.1 Å². The quantitative estimate of drug-likeness (QED) is 0.398. The number of carbonyl (C=O) groups excluding carboxylic acids is 1. The van der Waals surface area contributed by atoms with Gasteiger partial charge in [0.25, 0.3) is 0 Å². The molecule has 156 valence electrons. The second kappa shape index (κ2) is 9.59. The van der Waals surface area contributed by atoms with Crippen LogP contribution in [-0.2, 0) is 23.8 Å². The van der Waals surface area contributed by atoms with Crippen LogP contribution in [0.4, 0.5) is 5.69 Å². The van der Waals surface area contributed by atoms with Gasteiger partial charge in [0.15, 0.2) is 5.78 Å². The molecule has 0 aliphatic rings. The highest BCUT2D eigenvalue weighted by Gasteiger charge is 2.16. The normalized spacial score (nSPS) is 11.8. The van der Waals surface area contributed by atoms with Crippen molar-refractivity contribution in [3.63, 3.8) is 0 Å². The van der Waals surface area contributed by atoms with Crippen molar-refractivity contribution in [3.05, 3.63) is 77.4 Å². The van der Waals surface area contributed by atoms with Crippen LogP contribution >= 0.6 is 0 Å². The van der Waals surface area contributed by atoms with Gasteiger partial charge in [-0.25, -0.2) is 4.21 Å². The largest absolute Gasteiger partial charge is 0.507 e. The molecule has 0 radical (unpaired) electrons. The number of aromatic hydroxyl groups is 1. The SMILES string of the molecule is CCCc1c(OCc2ccc(S(=O)c3cccc(N)c3)cc2)ccc(C(C)=O)c1O. The number of nitrogen functional groups attached to an aromatic ring is 1. The molecule has 0 aromatic heterocycles. The first-order valence-electron chi connectivity index (χ1n) is 9.75. The van der Waals surface area contributed by atoms with Gasteiger partial charge >= 0.3 is 0 Å². The molecule has 1 atom stereocenters. The molecule has 0 fully saturated rings. The Morgan fingerprint density at radius 1 is 1.07 bits per heavy atom. The predicted octanol–water partition coefficient (Wildman–Crippen LogP) is 4.88. The van der Waals surface area contributed by atoms with Crippen LogP contribution in [0.25, 0.3) is 0 Å². The summed E-state index contributed by atoms with van der Waals surface area (Å²) in [5.41, 5.74) is 8.20. The Kier molecular flexibility index (Phi) is 6.90. The smallest absolute Gasteiger partial charge is 0.163 e. The minimum absolute atomic E-state index is 0.00488. The van der Waals surface area contributed by atoms with Gasteiger partial charge < -0.3 is 15.6 Å². The summed E-state index contributed by atoms with van der Waals surface area (Å²) < 4.78 is 18.6. The molecule has 0 amide bonds. The van der Waals surface area contributed by atoms with Crippen molar-refractivity contribution in [2.75, 3.05) is 5.73 Å². The van der Waals surface area contributed by atoms with Crippen LogP contribution in [0.2, 0.25) is 0 Å². The molecule has 3 aromatic rings. The van der Waals surface area contributed by atoms with E-state index in [4.69, 9.17) is 10.5 Å². The van der Waals surface area contributed by atoms with E-state index in [1.165, 1.54) is 6.92 Å². The molecule has 1 unspecified atom stereocenters. The van der Waals surface area contributed by atoms with Crippen molar-refractivity contribution >= 4 is 22.3 Å². The molecule has 0 bridgehead atoms. The average Bonchev–Trinajstić information content (AvgIpc) is 2.74. The van der Waals surface area contributed by atoms with Gasteiger partial charge in [-0.05, 0) is 61.4 Å². The van der Waals surface area contributed by atoms with Crippen LogP contribution in [-0.4, -0.2) is 15.1 Å². The molecule has 0 heterocycles. The maximum absolute atomic E-state index is 12.7. The molecule has 6 heteroatoms. The summed E-state index contributed by atoms with van der Waals surface area (Å²) in [5, 5.41) is 10.5. The lowest BCUT2D eigenvalue weighted by atomic mass is 10.0. The number of carbonyl (C=O) groups is 1. The molecule has 3 N–H and O–H groups in total. The van der Waals surface area contributed by atoms with Crippen LogP contribution in [0, 0.1) is 0 Å². The summed E-state index contributed by atoms with van der Waals surface area (Å²) in [4.78, 5) is 13.0. The number of hydrogen-bond acceptors (Lipinski definition) is 5. The second-order valence-corrected chi connectivity index (χ2v) is 8.50. The molecule has 0 aliphatic heterocycles. The van der Waals surface area contributed by atoms with Crippen molar-refractivity contribution in [2.45, 2.75) is 43.1 Å². The van der Waals surface area contributed by atoms with Crippen molar-refractivity contribution in [3.8, 4) is 11.5 Å². The van der Waals surface area contributed by atoms with Crippen LogP contribution in [0.5, 0.6) is 11.5 Å². The van der Waals surface area contributed by atoms with Gasteiger partial charge in [-0.3, -0.25) is 4.79 Å². The first-order valence-corrected chi connectivity index (χ1v) is 10.9. The van der Waals surface area contributed by atoms with Crippen molar-refractivity contribution < 1.29 is 18.8 Å². The summed E-state index contributed by atoms with van der Waals surface area (Å²) in [5.74, 6) is 0.377. The van der Waals surface area contributed by atoms with E-state index in [-0.39, 0.29) is 11.5 Å². The molecule has 0 aliphatic carbocycles. The van der Waals surface area contributed by atoms with Gasteiger partial charge in [-0.15, -0.1) is 0 Å². The summed E-state index contributed by atoms with van der Waals surface area (Å²) in [6, 6.07) is 17.7. The number of phenolic OH excluding ortho intramolecular Hbond substituents is 1. The molecule has 5 nitrogen and oxygen atoms in total. The first-order chi connectivity index (χ1) is 14.4. The Bertz CT molecular complexity index is 1080. The van der Waals surface area contributed by atoms with Crippen LogP contribution in [0.1, 0.15) is 41.8 Å². The summed E-state index contributed by atoms with van der Waals surface area (Å²) in [6.07, 6.45) is 1.43. The Hall–Kier alpha value is -3.12. The van der Waals surface area contributed by atoms with Crippen molar-refractivity contribution in [1.29, 1.82) is 0 Å². The Morgan fingerprint density at radius 3 is 2.43 bits per heavy atom. The standard InChI is InChI=1S/C24H25NO4S/c1-3-5-22-23(13-12-21(16(2)26)24(22)27)29-15-17-8-10-19(11-9-17)30(28)20-7-4-6-18(25)14-20/h4,6-14,27H,3,5,15,25H2,1-2H3. The molecule has 3 rings (SSSR count). The summed E-state index contributed by atoms with van der Waals surface area (Å²) in [6.45, 7) is 3.73. The fourth-order valence-electron chi connectivity index (χ4n) is 3.17. The number of anilines is 1. The number of phenols is 1. The van der Waals surface area contributed by atoms with Crippen molar-refractivity contribution in [2.24, 2.45) is 0 Å². The van der Waals surface area contributed by atoms with E-state index in [1.54, 1.807) is 48.5 Å². The fourth-order valence-corrected chi connectivity index (χ4v) is 4.27. The van der Waals surface area contributed by atoms with Crippen LogP contribution < -0.4 is 10.5 Å². The zero-order valence-corrected chi connectivity index (χ0v) is 17.9. The maximum Gasteiger partial charge on any atom is 0.163 e. The second-order valence-electron chi connectivity index (χ2n) is 7.02. The predicted molar refractivity (Wildman–Crippen MR) is 118 cm³/mol. The van der Waals surface area contributed by atoms with E-state index < -0.39 is 10.8 Å². The number of rotatable bonds is 8. The lowest BCUT2D eigenvalue weighted by Crippen LogP contribution is -2.03. The zero-order chi connectivity index (χ0) is 21.7. The van der Waals surface area contributed by atoms with Gasteiger partial charge in [0, 0.05) is 21.0 Å². The lowest BCUT2D eigenvalue weighted by Gasteiger charge is -2.15.